The zero-order chi connectivity index (χ0) is 12.5. The number of nitrogens with zero attached hydrogens (tertiary/aromatic N) is 1. The molecule has 3 rings (SSSR count). The van der Waals surface area contributed by atoms with Crippen LogP contribution in [0.1, 0.15) is 10.4 Å². The van der Waals surface area contributed by atoms with E-state index in [-0.39, 0.29) is 22.6 Å². The molecule has 0 aliphatic rings. The van der Waals surface area contributed by atoms with Crippen LogP contribution in [0.15, 0.2) is 48.5 Å². The normalized spacial score (nSPS) is 10.1. The third-order valence-electron chi connectivity index (χ3n) is 2.79. The molecule has 3 aromatic rings. The fourth-order valence-electron chi connectivity index (χ4n) is 1.95. The minimum absolute atomic E-state index is 0. The van der Waals surface area contributed by atoms with Gasteiger partial charge in [0.05, 0.1) is 17.0 Å². The Kier molecular flexibility index (Phi) is 3.69. The number of carboxylic acids is 1. The van der Waals surface area contributed by atoms with Crippen molar-refractivity contribution < 1.29 is 27.0 Å². The fraction of sp³-hybridized carbons (Fsp3) is 0. The molecule has 98 valence electrons. The maximum Gasteiger partial charge on any atom is 1.00 e. The van der Waals surface area contributed by atoms with Crippen molar-refractivity contribution in [2.24, 2.45) is 0 Å². The third-order valence-corrected chi connectivity index (χ3v) is 2.79. The summed E-state index contributed by atoms with van der Waals surface area (Å²) < 4.78 is 0. The van der Waals surface area contributed by atoms with Crippen molar-refractivity contribution in [3.8, 4) is 11.4 Å². The van der Waals surface area contributed by atoms with E-state index in [0.29, 0.717) is 11.4 Å². The van der Waals surface area contributed by atoms with Crippen LogP contribution in [-0.4, -0.2) is 15.9 Å². The first kappa shape index (κ1) is 13.3. The summed E-state index contributed by atoms with van der Waals surface area (Å²) in [6, 6.07) is 14.2. The summed E-state index contributed by atoms with van der Waals surface area (Å²) in [5.74, 6) is -0.665. The van der Waals surface area contributed by atoms with E-state index in [1.807, 2.05) is 24.3 Å². The van der Waals surface area contributed by atoms with Crippen molar-refractivity contribution in [2.45, 2.75) is 0 Å². The van der Waals surface area contributed by atoms with Gasteiger partial charge < -0.3 is 14.9 Å². The van der Waals surface area contributed by atoms with Crippen LogP contribution in [0.5, 0.6) is 0 Å². The zero-order valence-electron chi connectivity index (χ0n) is 9.68. The molecule has 0 bridgehead atoms. The average molecular weight is 301 g/mol. The molecule has 1 aromatic heterocycles. The van der Waals surface area contributed by atoms with E-state index in [2.05, 4.69) is 9.97 Å². The molecule has 2 aromatic carbocycles. The first-order valence-corrected chi connectivity index (χ1v) is 5.51. The van der Waals surface area contributed by atoms with Crippen LogP contribution in [0.25, 0.3) is 22.4 Å². The van der Waals surface area contributed by atoms with Crippen molar-refractivity contribution in [2.75, 3.05) is 0 Å². The maximum atomic E-state index is 11.1. The average Bonchev–Trinajstić information content (AvgIpc) is 2.82. The summed E-state index contributed by atoms with van der Waals surface area (Å²) in [6.45, 7) is 0. The molecule has 0 saturated carbocycles. The quantitative estimate of drug-likeness (QED) is 0.731. The van der Waals surface area contributed by atoms with Crippen LogP contribution in [0.4, 0.5) is 0 Å². The molecule has 0 atom stereocenters. The largest absolute Gasteiger partial charge is 1.00 e. The van der Waals surface area contributed by atoms with Crippen LogP contribution in [0.3, 0.4) is 0 Å². The molecule has 5 heteroatoms. The number of H-pyrrole nitrogens is 1. The van der Waals surface area contributed by atoms with Gasteiger partial charge in [-0.3, -0.25) is 0 Å². The molecule has 0 amide bonds. The summed E-state index contributed by atoms with van der Waals surface area (Å²) in [5.41, 5.74) is 2.35. The van der Waals surface area contributed by atoms with Crippen LogP contribution < -0.4 is 5.11 Å². The number of aromatic nitrogens is 2. The van der Waals surface area contributed by atoms with Gasteiger partial charge in [0.1, 0.15) is 5.82 Å². The molecule has 0 aliphatic heterocycles. The number of imidazole rings is 1. The van der Waals surface area contributed by atoms with Crippen molar-refractivity contribution in [1.29, 1.82) is 0 Å². The number of rotatable bonds is 2. The van der Waals surface area contributed by atoms with Crippen molar-refractivity contribution >= 4 is 17.0 Å². The van der Waals surface area contributed by atoms with Gasteiger partial charge in [0.25, 0.3) is 0 Å². The van der Waals surface area contributed by atoms with Gasteiger partial charge >= 0.3 is 17.1 Å². The van der Waals surface area contributed by atoms with Gasteiger partial charge in [0, 0.05) is 11.1 Å². The molecule has 1 heterocycles. The van der Waals surface area contributed by atoms with Crippen LogP contribution in [-0.2, 0) is 17.1 Å². The Bertz CT molecular complexity index is 704. The molecule has 0 fully saturated rings. The number of fused-ring (bicyclic) bond motifs is 1. The Morgan fingerprint density at radius 1 is 1.05 bits per heavy atom. The van der Waals surface area contributed by atoms with Gasteiger partial charge in [-0.25, -0.2) is 4.98 Å². The summed E-state index contributed by atoms with van der Waals surface area (Å²) >= 11 is 0. The summed E-state index contributed by atoms with van der Waals surface area (Å²) in [4.78, 5) is 18.5. The number of hydrogen-bond acceptors (Lipinski definition) is 3. The van der Waals surface area contributed by atoms with Crippen molar-refractivity contribution in [3.63, 3.8) is 0 Å². The minimum atomic E-state index is -1.20. The molecule has 4 nitrogen and oxygen atoms in total. The predicted molar refractivity (Wildman–Crippen MR) is 65.9 cm³/mol. The minimum Gasteiger partial charge on any atom is -0.545 e. The fourth-order valence-corrected chi connectivity index (χ4v) is 1.95. The summed E-state index contributed by atoms with van der Waals surface area (Å²) in [7, 11) is 0. The van der Waals surface area contributed by atoms with Gasteiger partial charge in [0.2, 0.25) is 0 Å². The van der Waals surface area contributed by atoms with E-state index >= 15 is 0 Å². The SMILES string of the molecule is O=C([O-])c1ccccc1-c1nc2ccccc2[nH]1.[Cu+]. The molecule has 0 saturated heterocycles. The summed E-state index contributed by atoms with van der Waals surface area (Å²) in [5, 5.41) is 11.1. The van der Waals surface area contributed by atoms with Gasteiger partial charge in [-0.2, -0.15) is 0 Å². The Morgan fingerprint density at radius 2 is 1.74 bits per heavy atom. The maximum absolute atomic E-state index is 11.1. The molecule has 0 radical (unpaired) electrons. The van der Waals surface area contributed by atoms with Crippen LogP contribution in [0.2, 0.25) is 0 Å². The number of hydrogen-bond donors (Lipinski definition) is 1. The monoisotopic (exact) mass is 300 g/mol. The Labute approximate surface area is 120 Å². The molecule has 0 spiro atoms. The van der Waals surface area contributed by atoms with Gasteiger partial charge in [-0.1, -0.05) is 36.4 Å². The van der Waals surface area contributed by atoms with E-state index in [1.165, 1.54) is 6.07 Å². The molecular formula is C14H9CuN2O2. The summed E-state index contributed by atoms with van der Waals surface area (Å²) in [6.07, 6.45) is 0. The van der Waals surface area contributed by atoms with E-state index in [9.17, 15) is 9.90 Å². The van der Waals surface area contributed by atoms with E-state index in [4.69, 9.17) is 0 Å². The van der Waals surface area contributed by atoms with E-state index in [0.717, 1.165) is 11.0 Å². The Morgan fingerprint density at radius 3 is 2.47 bits per heavy atom. The van der Waals surface area contributed by atoms with Gasteiger partial charge in [-0.05, 0) is 12.1 Å². The molecular weight excluding hydrogens is 292 g/mol. The van der Waals surface area contributed by atoms with E-state index in [1.54, 1.807) is 18.2 Å². The van der Waals surface area contributed by atoms with Gasteiger partial charge in [-0.15, -0.1) is 0 Å². The third kappa shape index (κ3) is 2.38. The number of benzene rings is 2. The molecule has 1 N–H and O–H groups in total. The standard InChI is InChI=1S/C14H10N2O2.Cu/c17-14(18)10-6-2-1-5-9(10)13-15-11-7-3-4-8-12(11)16-13;/h1-8H,(H,15,16)(H,17,18);/q;+1/p-1. The zero-order valence-corrected chi connectivity index (χ0v) is 10.6. The van der Waals surface area contributed by atoms with Crippen molar-refractivity contribution in [1.82, 2.24) is 9.97 Å². The molecule has 0 unspecified atom stereocenters. The second kappa shape index (κ2) is 5.26. The molecule has 0 aliphatic carbocycles. The number of aromatic amines is 1. The van der Waals surface area contributed by atoms with Crippen LogP contribution in [0, 0.1) is 0 Å². The Hall–Kier alpha value is -2.10. The number of carbonyl (C=O) groups is 1. The smallest absolute Gasteiger partial charge is 0.545 e. The van der Waals surface area contributed by atoms with E-state index < -0.39 is 5.97 Å². The van der Waals surface area contributed by atoms with Crippen LogP contribution >= 0.6 is 0 Å². The first-order chi connectivity index (χ1) is 8.75. The predicted octanol–water partition coefficient (Wildman–Crippen LogP) is 1.59. The number of aromatic carboxylic acids is 1. The van der Waals surface area contributed by atoms with Gasteiger partial charge in [0.15, 0.2) is 0 Å². The topological polar surface area (TPSA) is 68.8 Å². The number of carboxylic acid groups (broad SMARTS) is 1. The Balaban J connectivity index is 0.00000133. The van der Waals surface area contributed by atoms with Crippen molar-refractivity contribution in [3.05, 3.63) is 54.1 Å². The second-order valence-electron chi connectivity index (χ2n) is 3.94. The second-order valence-corrected chi connectivity index (χ2v) is 3.94. The number of para-hydroxylation sites is 2. The number of nitrogens with one attached hydrogen (secondary N) is 1. The number of carbonyl (C=O) groups excluding carboxylic acids is 1. The first-order valence-electron chi connectivity index (χ1n) is 5.51. The molecule has 19 heavy (non-hydrogen) atoms.